The molecule has 1 aromatic heterocycles. The summed E-state index contributed by atoms with van der Waals surface area (Å²) in [5.41, 5.74) is 2.06. The first-order chi connectivity index (χ1) is 10.3. The van der Waals surface area contributed by atoms with Gasteiger partial charge >= 0.3 is 5.97 Å². The number of hydrogen-bond acceptors (Lipinski definition) is 3. The van der Waals surface area contributed by atoms with Crippen molar-refractivity contribution in [2.75, 3.05) is 6.54 Å². The highest BCUT2D eigenvalue weighted by Crippen LogP contribution is 2.15. The van der Waals surface area contributed by atoms with E-state index in [9.17, 15) is 14.7 Å². The van der Waals surface area contributed by atoms with Crippen LogP contribution >= 0.6 is 0 Å². The summed E-state index contributed by atoms with van der Waals surface area (Å²) in [7, 11) is 0. The van der Waals surface area contributed by atoms with E-state index in [-0.39, 0.29) is 18.4 Å². The molecule has 1 unspecified atom stereocenters. The van der Waals surface area contributed by atoms with Crippen LogP contribution in [0, 0.1) is 25.7 Å². The second kappa shape index (κ2) is 7.96. The molecule has 6 heteroatoms. The molecule has 0 aliphatic rings. The number of aromatic nitrogens is 2. The van der Waals surface area contributed by atoms with Crippen molar-refractivity contribution < 1.29 is 14.7 Å². The van der Waals surface area contributed by atoms with Crippen molar-refractivity contribution in [1.82, 2.24) is 15.1 Å². The molecule has 0 spiro atoms. The zero-order chi connectivity index (χ0) is 16.9. The molecule has 1 amide bonds. The Morgan fingerprint density at radius 3 is 2.45 bits per heavy atom. The minimum absolute atomic E-state index is 0.143. The lowest BCUT2D eigenvalue weighted by Gasteiger charge is -2.15. The first kappa shape index (κ1) is 18.2. The summed E-state index contributed by atoms with van der Waals surface area (Å²) in [6, 6.07) is 0. The van der Waals surface area contributed by atoms with Gasteiger partial charge in [-0.2, -0.15) is 5.10 Å². The van der Waals surface area contributed by atoms with Gasteiger partial charge in [0.1, 0.15) is 0 Å². The number of rotatable bonds is 8. The van der Waals surface area contributed by atoms with Crippen molar-refractivity contribution in [2.45, 2.75) is 54.0 Å². The highest BCUT2D eigenvalue weighted by atomic mass is 16.4. The fraction of sp³-hybridized carbons (Fsp3) is 0.688. The zero-order valence-corrected chi connectivity index (χ0v) is 14.1. The van der Waals surface area contributed by atoms with Crippen LogP contribution in [-0.2, 0) is 11.3 Å². The molecule has 0 saturated carbocycles. The van der Waals surface area contributed by atoms with E-state index >= 15 is 0 Å². The van der Waals surface area contributed by atoms with E-state index in [1.807, 2.05) is 25.5 Å². The number of carboxylic acid groups (broad SMARTS) is 1. The lowest BCUT2D eigenvalue weighted by atomic mass is 9.97. The van der Waals surface area contributed by atoms with Crippen LogP contribution in [0.25, 0.3) is 0 Å². The van der Waals surface area contributed by atoms with E-state index in [4.69, 9.17) is 0 Å². The Kier molecular flexibility index (Phi) is 6.59. The Balaban J connectivity index is 2.78. The summed E-state index contributed by atoms with van der Waals surface area (Å²) in [6.45, 7) is 10.6. The van der Waals surface area contributed by atoms with Gasteiger partial charge in [0.25, 0.3) is 5.91 Å². The topological polar surface area (TPSA) is 84.2 Å². The van der Waals surface area contributed by atoms with Crippen LogP contribution in [0.3, 0.4) is 0 Å². The number of hydrogen-bond donors (Lipinski definition) is 2. The van der Waals surface area contributed by atoms with E-state index in [0.717, 1.165) is 18.7 Å². The quantitative estimate of drug-likeness (QED) is 0.772. The van der Waals surface area contributed by atoms with E-state index < -0.39 is 11.9 Å². The molecule has 0 fully saturated rings. The van der Waals surface area contributed by atoms with Crippen molar-refractivity contribution in [3.8, 4) is 0 Å². The lowest BCUT2D eigenvalue weighted by molar-refractivity contribution is -0.142. The average molecular weight is 309 g/mol. The number of nitrogens with zero attached hydrogens (tertiary/aromatic N) is 2. The van der Waals surface area contributed by atoms with Crippen LogP contribution in [0.2, 0.25) is 0 Å². The molecule has 124 valence electrons. The van der Waals surface area contributed by atoms with Crippen LogP contribution in [-0.4, -0.2) is 33.3 Å². The Labute approximate surface area is 131 Å². The zero-order valence-electron chi connectivity index (χ0n) is 14.1. The molecule has 0 saturated heterocycles. The largest absolute Gasteiger partial charge is 0.481 e. The molecule has 1 heterocycles. The fourth-order valence-electron chi connectivity index (χ4n) is 2.60. The van der Waals surface area contributed by atoms with Crippen LogP contribution in [0.15, 0.2) is 0 Å². The molecule has 0 bridgehead atoms. The van der Waals surface area contributed by atoms with Crippen molar-refractivity contribution in [1.29, 1.82) is 0 Å². The molecule has 0 aliphatic carbocycles. The van der Waals surface area contributed by atoms with E-state index in [2.05, 4.69) is 17.3 Å². The minimum atomic E-state index is -0.871. The summed E-state index contributed by atoms with van der Waals surface area (Å²) >= 11 is 0. The molecule has 0 aromatic carbocycles. The van der Waals surface area contributed by atoms with Gasteiger partial charge in [-0.3, -0.25) is 14.3 Å². The molecule has 1 atom stereocenters. The highest BCUT2D eigenvalue weighted by molar-refractivity contribution is 5.96. The first-order valence-electron chi connectivity index (χ1n) is 7.82. The van der Waals surface area contributed by atoms with Gasteiger partial charge in [-0.1, -0.05) is 20.8 Å². The van der Waals surface area contributed by atoms with Crippen molar-refractivity contribution in [3.63, 3.8) is 0 Å². The normalized spacial score (nSPS) is 12.5. The highest BCUT2D eigenvalue weighted by Gasteiger charge is 2.22. The molecule has 0 aliphatic heterocycles. The number of aliphatic carboxylic acids is 1. The number of amides is 1. The molecular weight excluding hydrogens is 282 g/mol. The van der Waals surface area contributed by atoms with Crippen LogP contribution < -0.4 is 5.32 Å². The third-order valence-electron chi connectivity index (χ3n) is 3.66. The Hall–Kier alpha value is -1.85. The summed E-state index contributed by atoms with van der Waals surface area (Å²) < 4.78 is 1.83. The van der Waals surface area contributed by atoms with Gasteiger partial charge < -0.3 is 10.4 Å². The maximum Gasteiger partial charge on any atom is 0.308 e. The number of aryl methyl sites for hydroxylation is 2. The predicted octanol–water partition coefficient (Wildman–Crippen LogP) is 2.39. The molecule has 1 rings (SSSR count). The third-order valence-corrected chi connectivity index (χ3v) is 3.66. The molecule has 0 radical (unpaired) electrons. The monoisotopic (exact) mass is 309 g/mol. The minimum Gasteiger partial charge on any atom is -0.481 e. The van der Waals surface area contributed by atoms with Gasteiger partial charge in [0.05, 0.1) is 17.2 Å². The van der Waals surface area contributed by atoms with Gasteiger partial charge in [-0.05, 0) is 32.6 Å². The number of nitrogens with one attached hydrogen (secondary N) is 1. The first-order valence-corrected chi connectivity index (χ1v) is 7.82. The number of carbonyl (C=O) groups is 2. The van der Waals surface area contributed by atoms with Gasteiger partial charge in [-0.25, -0.2) is 0 Å². The Bertz CT molecular complexity index is 535. The number of carbonyl (C=O) groups excluding carboxylic acids is 1. The second-order valence-electron chi connectivity index (χ2n) is 6.14. The molecule has 1 aromatic rings. The summed E-state index contributed by atoms with van der Waals surface area (Å²) in [6.07, 6.45) is 1.49. The molecular formula is C16H27N3O3. The van der Waals surface area contributed by atoms with Crippen molar-refractivity contribution in [2.24, 2.45) is 11.8 Å². The average Bonchev–Trinajstić information content (AvgIpc) is 2.69. The van der Waals surface area contributed by atoms with Crippen molar-refractivity contribution in [3.05, 3.63) is 17.0 Å². The van der Waals surface area contributed by atoms with E-state index in [1.165, 1.54) is 0 Å². The SMILES string of the molecule is CCCn1nc(C)c(C(=O)NCC(CC(C)C)C(=O)O)c1C. The van der Waals surface area contributed by atoms with E-state index in [1.54, 1.807) is 6.92 Å². The van der Waals surface area contributed by atoms with Crippen molar-refractivity contribution >= 4 is 11.9 Å². The Morgan fingerprint density at radius 1 is 1.32 bits per heavy atom. The summed E-state index contributed by atoms with van der Waals surface area (Å²) in [5.74, 6) is -1.40. The van der Waals surface area contributed by atoms with Crippen LogP contribution in [0.1, 0.15) is 55.4 Å². The maximum absolute atomic E-state index is 12.4. The predicted molar refractivity (Wildman–Crippen MR) is 84.9 cm³/mol. The van der Waals surface area contributed by atoms with Gasteiger partial charge in [0.15, 0.2) is 0 Å². The standard InChI is InChI=1S/C16H27N3O3/c1-6-7-19-12(5)14(11(4)18-19)15(20)17-9-13(16(21)22)8-10(2)3/h10,13H,6-9H2,1-5H3,(H,17,20)(H,21,22). The summed E-state index contributed by atoms with van der Waals surface area (Å²) in [4.78, 5) is 23.6. The summed E-state index contributed by atoms with van der Waals surface area (Å²) in [5, 5.41) is 16.3. The lowest BCUT2D eigenvalue weighted by Crippen LogP contribution is -2.34. The Morgan fingerprint density at radius 2 is 1.95 bits per heavy atom. The maximum atomic E-state index is 12.4. The van der Waals surface area contributed by atoms with Gasteiger partial charge in [0, 0.05) is 18.8 Å². The van der Waals surface area contributed by atoms with Gasteiger partial charge in [0.2, 0.25) is 0 Å². The van der Waals surface area contributed by atoms with E-state index in [0.29, 0.717) is 17.7 Å². The molecule has 22 heavy (non-hydrogen) atoms. The molecule has 2 N–H and O–H groups in total. The smallest absolute Gasteiger partial charge is 0.308 e. The molecule has 6 nitrogen and oxygen atoms in total. The van der Waals surface area contributed by atoms with Crippen LogP contribution in [0.4, 0.5) is 0 Å². The van der Waals surface area contributed by atoms with Crippen LogP contribution in [0.5, 0.6) is 0 Å². The fourth-order valence-corrected chi connectivity index (χ4v) is 2.60. The third kappa shape index (κ3) is 4.58. The number of carboxylic acids is 1. The second-order valence-corrected chi connectivity index (χ2v) is 6.14. The van der Waals surface area contributed by atoms with Gasteiger partial charge in [-0.15, -0.1) is 0 Å².